The van der Waals surface area contributed by atoms with Crippen LogP contribution in [0.15, 0.2) is 109 Å². The van der Waals surface area contributed by atoms with Crippen LogP contribution in [0.4, 0.5) is 0 Å². The monoisotopic (exact) mass is 1780 g/mol. The van der Waals surface area contributed by atoms with Crippen molar-refractivity contribution in [3.8, 4) is 0 Å². The molecule has 0 aromatic heterocycles. The summed E-state index contributed by atoms with van der Waals surface area (Å²) in [5.41, 5.74) is 7.50. The van der Waals surface area contributed by atoms with E-state index in [0.717, 1.165) is 22.3 Å². The minimum atomic E-state index is -0.506. The molecule has 0 saturated heterocycles. The molecule has 0 bridgehead atoms. The van der Waals surface area contributed by atoms with Crippen molar-refractivity contribution < 1.29 is 152 Å². The first-order valence-corrected chi connectivity index (χ1v) is 43.9. The molecule has 0 spiro atoms. The molecule has 0 saturated carbocycles. The van der Waals surface area contributed by atoms with E-state index in [2.05, 4.69) is 90.1 Å². The lowest BCUT2D eigenvalue weighted by Crippen LogP contribution is -2.17. The Labute approximate surface area is 743 Å². The Bertz CT molecular complexity index is 2840. The van der Waals surface area contributed by atoms with Gasteiger partial charge in [0.2, 0.25) is 0 Å². The van der Waals surface area contributed by atoms with E-state index >= 15 is 0 Å². The fourth-order valence-corrected chi connectivity index (χ4v) is 10.2. The van der Waals surface area contributed by atoms with Gasteiger partial charge in [0.15, 0.2) is 0 Å². The number of hydrogen-bond acceptors (Lipinski definition) is 32. The third-order valence-corrected chi connectivity index (χ3v) is 17.1. The summed E-state index contributed by atoms with van der Waals surface area (Å²) in [5, 5.41) is 0. The van der Waals surface area contributed by atoms with Gasteiger partial charge in [0, 0.05) is 12.8 Å². The molecule has 125 heavy (non-hydrogen) atoms. The van der Waals surface area contributed by atoms with Crippen LogP contribution in [-0.2, 0) is 189 Å². The molecule has 0 aliphatic rings. The van der Waals surface area contributed by atoms with Crippen molar-refractivity contribution in [3.63, 3.8) is 0 Å². The van der Waals surface area contributed by atoms with Gasteiger partial charge in [-0.1, -0.05) is 151 Å². The summed E-state index contributed by atoms with van der Waals surface area (Å²) in [6.07, 6.45) is 0.446. The summed E-state index contributed by atoms with van der Waals surface area (Å²) >= 11 is 0. The van der Waals surface area contributed by atoms with E-state index in [1.807, 2.05) is 60.7 Å². The average molecular weight is 1780 g/mol. The summed E-state index contributed by atoms with van der Waals surface area (Å²) in [6, 6.07) is 37.1. The zero-order chi connectivity index (χ0) is 89.6. The largest absolute Gasteiger partial charge is 0.463 e. The standard InChI is InChI=1S/C58H98O20.C35H52O12/c1-57(2,3)53-11-7-51(8-12-53)49-75-43-41-71-35-33-67-27-25-63-19-17-61-21-23-65-29-31-69-37-39-73-45-47-77-55(59)15-16-56(60)78-48-46-74-40-38-70-32-30-66-24-22-62-18-20-64-26-28-68-34-36-72-42-44-76-50-52-9-13-54(14-10-52)58(4,5)6;36-34(46-28-26-42-20-18-38-14-16-40-22-24-44-30-32-8-3-1-4-9-32)12-7-13-35(37)47-29-27-43-21-19-39-15-17-41-23-25-45-31-33-10-5-2-6-11-33/h7-14H,15-50H2,1-6H3;1-6,8-11H,7,12-31H2. The molecule has 0 atom stereocenters. The fraction of sp³-hybridized carbons (Fsp3) is 0.699. The molecule has 32 heteroatoms. The Morgan fingerprint density at radius 2 is 0.320 bits per heavy atom. The second-order valence-electron chi connectivity index (χ2n) is 29.6. The zero-order valence-electron chi connectivity index (χ0n) is 75.8. The van der Waals surface area contributed by atoms with Crippen LogP contribution in [0.25, 0.3) is 0 Å². The lowest BCUT2D eigenvalue weighted by atomic mass is 9.87. The molecule has 0 radical (unpaired) electrons. The highest BCUT2D eigenvalue weighted by atomic mass is 16.6. The first kappa shape index (κ1) is 113. The second kappa shape index (κ2) is 83.4. The Balaban J connectivity index is 0.000000729. The quantitative estimate of drug-likeness (QED) is 0.0225. The van der Waals surface area contributed by atoms with E-state index < -0.39 is 11.9 Å². The maximum absolute atomic E-state index is 11.9. The van der Waals surface area contributed by atoms with Gasteiger partial charge in [-0.25, -0.2) is 0 Å². The average Bonchev–Trinajstić information content (AvgIpc) is 0.864. The van der Waals surface area contributed by atoms with Gasteiger partial charge in [0.1, 0.15) is 26.4 Å². The summed E-state index contributed by atoms with van der Waals surface area (Å²) in [6.45, 7) is 35.5. The van der Waals surface area contributed by atoms with Gasteiger partial charge in [-0.05, 0) is 50.6 Å². The number of carbonyl (C=O) groups excluding carboxylic acids is 4. The molecule has 0 N–H and O–H groups in total. The van der Waals surface area contributed by atoms with Crippen molar-refractivity contribution in [3.05, 3.63) is 143 Å². The Morgan fingerprint density at radius 3 is 0.488 bits per heavy atom. The van der Waals surface area contributed by atoms with E-state index in [1.54, 1.807) is 0 Å². The molecule has 714 valence electrons. The minimum Gasteiger partial charge on any atom is -0.463 e. The number of hydrogen-bond donors (Lipinski definition) is 0. The van der Waals surface area contributed by atoms with E-state index in [4.69, 9.17) is 133 Å². The minimum absolute atomic E-state index is 0.0763. The van der Waals surface area contributed by atoms with Crippen LogP contribution in [0.5, 0.6) is 0 Å². The maximum Gasteiger partial charge on any atom is 0.306 e. The van der Waals surface area contributed by atoms with Gasteiger partial charge in [-0.2, -0.15) is 0 Å². The molecule has 4 rings (SSSR count). The number of benzene rings is 4. The molecule has 4 aromatic carbocycles. The number of ether oxygens (including phenoxy) is 28. The van der Waals surface area contributed by atoms with E-state index in [9.17, 15) is 19.2 Å². The molecular formula is C93H150O32. The first-order valence-electron chi connectivity index (χ1n) is 43.9. The van der Waals surface area contributed by atoms with Crippen molar-refractivity contribution in [1.82, 2.24) is 0 Å². The van der Waals surface area contributed by atoms with Crippen molar-refractivity contribution in [2.75, 3.05) is 317 Å². The number of rotatable bonds is 87. The van der Waals surface area contributed by atoms with Crippen LogP contribution in [0.1, 0.15) is 107 Å². The first-order chi connectivity index (χ1) is 61.2. The van der Waals surface area contributed by atoms with E-state index in [0.29, 0.717) is 297 Å². The third-order valence-electron chi connectivity index (χ3n) is 17.1. The molecule has 32 nitrogen and oxygen atoms in total. The van der Waals surface area contributed by atoms with Crippen LogP contribution >= 0.6 is 0 Å². The summed E-state index contributed by atoms with van der Waals surface area (Å²) in [4.78, 5) is 47.5. The molecule has 0 aliphatic carbocycles. The zero-order valence-corrected chi connectivity index (χ0v) is 75.8. The fourth-order valence-electron chi connectivity index (χ4n) is 10.2. The lowest BCUT2D eigenvalue weighted by Gasteiger charge is -2.19. The molecular weight excluding hydrogens is 1630 g/mol. The Kier molecular flexibility index (Phi) is 75.4. The van der Waals surface area contributed by atoms with Crippen LogP contribution in [0, 0.1) is 0 Å². The molecule has 0 heterocycles. The van der Waals surface area contributed by atoms with Gasteiger partial charge in [-0.3, -0.25) is 19.2 Å². The van der Waals surface area contributed by atoms with Gasteiger partial charge < -0.3 is 133 Å². The Hall–Kier alpha value is -6.20. The highest BCUT2D eigenvalue weighted by molar-refractivity contribution is 5.77. The normalized spacial score (nSPS) is 11.6. The van der Waals surface area contributed by atoms with Crippen molar-refractivity contribution in [2.45, 2.75) is 111 Å². The molecule has 0 aliphatic heterocycles. The van der Waals surface area contributed by atoms with Crippen molar-refractivity contribution >= 4 is 23.9 Å². The topological polar surface area (TPSA) is 327 Å². The predicted molar refractivity (Wildman–Crippen MR) is 465 cm³/mol. The second-order valence-corrected chi connectivity index (χ2v) is 29.6. The Morgan fingerprint density at radius 1 is 0.176 bits per heavy atom. The third kappa shape index (κ3) is 75.3. The molecule has 0 fully saturated rings. The number of esters is 4. The van der Waals surface area contributed by atoms with Gasteiger partial charge >= 0.3 is 23.9 Å². The SMILES string of the molecule is CC(C)(C)c1ccc(COCCOCCOCCOCCOCCOCCOCCOCCOC(=O)CCC(=O)OCCOCCOCCOCCOCCOCCOCCOCCOCc2ccc(C(C)(C)C)cc2)cc1.O=C(CCCC(=O)OCCOCCOCCOCCOCc1ccccc1)OCCOCCOCCOCCOCc1ccccc1. The summed E-state index contributed by atoms with van der Waals surface area (Å²) in [7, 11) is 0. The van der Waals surface area contributed by atoms with Gasteiger partial charge in [-0.15, -0.1) is 0 Å². The van der Waals surface area contributed by atoms with E-state index in [-0.39, 0.29) is 101 Å². The smallest absolute Gasteiger partial charge is 0.306 e. The van der Waals surface area contributed by atoms with Crippen LogP contribution in [-0.4, -0.2) is 341 Å². The highest BCUT2D eigenvalue weighted by Gasteiger charge is 2.16. The maximum atomic E-state index is 11.9. The van der Waals surface area contributed by atoms with Gasteiger partial charge in [0.05, 0.1) is 330 Å². The van der Waals surface area contributed by atoms with Crippen molar-refractivity contribution in [2.24, 2.45) is 0 Å². The molecule has 4 aromatic rings. The number of carbonyl (C=O) groups is 4. The molecule has 0 unspecified atom stereocenters. The van der Waals surface area contributed by atoms with Crippen LogP contribution in [0.2, 0.25) is 0 Å². The molecule has 0 amide bonds. The highest BCUT2D eigenvalue weighted by Crippen LogP contribution is 2.24. The van der Waals surface area contributed by atoms with E-state index in [1.165, 1.54) is 11.1 Å². The van der Waals surface area contributed by atoms with Crippen LogP contribution in [0.3, 0.4) is 0 Å². The summed E-state index contributed by atoms with van der Waals surface area (Å²) in [5.74, 6) is -1.78. The predicted octanol–water partition coefficient (Wildman–Crippen LogP) is 9.89. The summed E-state index contributed by atoms with van der Waals surface area (Å²) < 4.78 is 152. The lowest BCUT2D eigenvalue weighted by molar-refractivity contribution is -0.152. The van der Waals surface area contributed by atoms with Crippen molar-refractivity contribution in [1.29, 1.82) is 0 Å². The van der Waals surface area contributed by atoms with Crippen LogP contribution < -0.4 is 0 Å². The van der Waals surface area contributed by atoms with Gasteiger partial charge in [0.25, 0.3) is 0 Å².